The summed E-state index contributed by atoms with van der Waals surface area (Å²) in [7, 11) is 1.82. The zero-order chi connectivity index (χ0) is 21.1. The lowest BCUT2D eigenvalue weighted by atomic mass is 10.1. The Morgan fingerprint density at radius 2 is 1.80 bits per heavy atom. The Labute approximate surface area is 200 Å². The van der Waals surface area contributed by atoms with Crippen LogP contribution >= 0.6 is 24.0 Å². The van der Waals surface area contributed by atoms with Gasteiger partial charge in [0.25, 0.3) is 0 Å². The summed E-state index contributed by atoms with van der Waals surface area (Å²) in [4.78, 5) is 6.82. The van der Waals surface area contributed by atoms with Gasteiger partial charge in [-0.15, -0.1) is 24.0 Å². The Hall–Kier alpha value is -0.900. The molecular formula is C23H41IN4O2. The van der Waals surface area contributed by atoms with E-state index >= 15 is 0 Å². The lowest BCUT2D eigenvalue weighted by molar-refractivity contribution is -0.0390. The molecule has 0 amide bonds. The van der Waals surface area contributed by atoms with Crippen molar-refractivity contribution in [3.8, 4) is 0 Å². The summed E-state index contributed by atoms with van der Waals surface area (Å²) in [5, 5.41) is 6.84. The number of hydrogen-bond acceptors (Lipinski definition) is 4. The number of halogens is 1. The highest BCUT2D eigenvalue weighted by Crippen LogP contribution is 2.14. The van der Waals surface area contributed by atoms with Crippen molar-refractivity contribution in [3.05, 3.63) is 35.4 Å². The van der Waals surface area contributed by atoms with Gasteiger partial charge in [-0.3, -0.25) is 9.89 Å². The standard InChI is InChI=1S/C23H40N4O2.HI/c1-18(2)27(19(3)4)12-11-25-23(24-5)26-16-20-7-6-8-21(15-20)17-29-22-9-13-28-14-10-22;/h6-8,15,18-19,22H,9-14,16-17H2,1-5H3,(H2,24,25,26);1H. The van der Waals surface area contributed by atoms with Crippen LogP contribution < -0.4 is 10.6 Å². The summed E-state index contributed by atoms with van der Waals surface area (Å²) in [6.45, 7) is 13.9. The Bertz CT molecular complexity index is 611. The van der Waals surface area contributed by atoms with Crippen molar-refractivity contribution in [1.82, 2.24) is 15.5 Å². The molecule has 1 aromatic rings. The molecule has 7 heteroatoms. The number of nitrogens with one attached hydrogen (secondary N) is 2. The Morgan fingerprint density at radius 3 is 2.43 bits per heavy atom. The van der Waals surface area contributed by atoms with Crippen molar-refractivity contribution in [2.45, 2.75) is 71.9 Å². The molecule has 1 aliphatic rings. The number of aliphatic imine (C=N–C) groups is 1. The summed E-state index contributed by atoms with van der Waals surface area (Å²) in [6, 6.07) is 9.65. The summed E-state index contributed by atoms with van der Waals surface area (Å²) < 4.78 is 11.4. The SMILES string of the molecule is CN=C(NCCN(C(C)C)C(C)C)NCc1cccc(COC2CCOCC2)c1.I. The first-order chi connectivity index (χ1) is 14.0. The molecule has 0 saturated carbocycles. The molecule has 1 aromatic carbocycles. The first kappa shape index (κ1) is 27.1. The van der Waals surface area contributed by atoms with Crippen molar-refractivity contribution >= 4 is 29.9 Å². The fourth-order valence-corrected chi connectivity index (χ4v) is 3.71. The average molecular weight is 533 g/mol. The maximum absolute atomic E-state index is 6.04. The monoisotopic (exact) mass is 532 g/mol. The van der Waals surface area contributed by atoms with Crippen LogP contribution in [0.5, 0.6) is 0 Å². The van der Waals surface area contributed by atoms with Crippen LogP contribution in [0.15, 0.2) is 29.3 Å². The summed E-state index contributed by atoms with van der Waals surface area (Å²) in [5.41, 5.74) is 2.44. The van der Waals surface area contributed by atoms with Gasteiger partial charge in [-0.05, 0) is 51.7 Å². The Kier molecular flexibility index (Phi) is 13.6. The molecule has 0 aromatic heterocycles. The molecule has 1 aliphatic heterocycles. The molecular weight excluding hydrogens is 491 g/mol. The van der Waals surface area contributed by atoms with Gasteiger partial charge in [-0.1, -0.05) is 24.3 Å². The molecule has 0 spiro atoms. The number of benzene rings is 1. The molecule has 172 valence electrons. The van der Waals surface area contributed by atoms with Crippen LogP contribution in [-0.4, -0.2) is 62.4 Å². The molecule has 30 heavy (non-hydrogen) atoms. The Morgan fingerprint density at radius 1 is 1.13 bits per heavy atom. The zero-order valence-electron chi connectivity index (χ0n) is 19.3. The molecule has 0 aliphatic carbocycles. The van der Waals surface area contributed by atoms with E-state index in [1.807, 2.05) is 7.05 Å². The fraction of sp³-hybridized carbons (Fsp3) is 0.696. The first-order valence-electron chi connectivity index (χ1n) is 11.0. The molecule has 0 unspecified atom stereocenters. The van der Waals surface area contributed by atoms with Gasteiger partial charge in [0.05, 0.1) is 12.7 Å². The lowest BCUT2D eigenvalue weighted by Crippen LogP contribution is -2.45. The van der Waals surface area contributed by atoms with E-state index in [4.69, 9.17) is 9.47 Å². The minimum absolute atomic E-state index is 0. The van der Waals surface area contributed by atoms with E-state index in [0.29, 0.717) is 24.8 Å². The van der Waals surface area contributed by atoms with Crippen molar-refractivity contribution in [2.24, 2.45) is 4.99 Å². The van der Waals surface area contributed by atoms with Gasteiger partial charge >= 0.3 is 0 Å². The van der Waals surface area contributed by atoms with Gasteiger partial charge < -0.3 is 20.1 Å². The first-order valence-corrected chi connectivity index (χ1v) is 11.0. The van der Waals surface area contributed by atoms with E-state index in [9.17, 15) is 0 Å². The zero-order valence-corrected chi connectivity index (χ0v) is 21.6. The highest BCUT2D eigenvalue weighted by molar-refractivity contribution is 14.0. The van der Waals surface area contributed by atoms with Crippen LogP contribution in [0.25, 0.3) is 0 Å². The van der Waals surface area contributed by atoms with Gasteiger partial charge in [-0.2, -0.15) is 0 Å². The summed E-state index contributed by atoms with van der Waals surface area (Å²) in [6.07, 6.45) is 2.31. The number of guanidine groups is 1. The number of ether oxygens (including phenoxy) is 2. The van der Waals surface area contributed by atoms with Crippen LogP contribution in [0.2, 0.25) is 0 Å². The number of rotatable bonds is 10. The topological polar surface area (TPSA) is 58.1 Å². The van der Waals surface area contributed by atoms with Crippen LogP contribution in [0.1, 0.15) is 51.7 Å². The molecule has 6 nitrogen and oxygen atoms in total. The number of hydrogen-bond donors (Lipinski definition) is 2. The van der Waals surface area contributed by atoms with Crippen molar-refractivity contribution in [3.63, 3.8) is 0 Å². The van der Waals surface area contributed by atoms with E-state index in [2.05, 4.69) is 72.5 Å². The van der Waals surface area contributed by atoms with E-state index < -0.39 is 0 Å². The third kappa shape index (κ3) is 9.94. The van der Waals surface area contributed by atoms with Gasteiger partial charge in [0.1, 0.15) is 0 Å². The van der Waals surface area contributed by atoms with Gasteiger partial charge in [-0.25, -0.2) is 0 Å². The molecule has 1 heterocycles. The number of nitrogens with zero attached hydrogens (tertiary/aromatic N) is 2. The highest BCUT2D eigenvalue weighted by Gasteiger charge is 2.14. The third-order valence-electron chi connectivity index (χ3n) is 5.32. The van der Waals surface area contributed by atoms with Crippen molar-refractivity contribution in [2.75, 3.05) is 33.4 Å². The molecule has 1 saturated heterocycles. The molecule has 0 atom stereocenters. The predicted molar refractivity (Wildman–Crippen MR) is 136 cm³/mol. The van der Waals surface area contributed by atoms with Crippen molar-refractivity contribution < 1.29 is 9.47 Å². The van der Waals surface area contributed by atoms with Crippen LogP contribution in [-0.2, 0) is 22.6 Å². The van der Waals surface area contributed by atoms with Crippen molar-refractivity contribution in [1.29, 1.82) is 0 Å². The smallest absolute Gasteiger partial charge is 0.191 e. The second-order valence-electron chi connectivity index (χ2n) is 8.22. The molecule has 0 radical (unpaired) electrons. The van der Waals surface area contributed by atoms with E-state index in [-0.39, 0.29) is 24.0 Å². The fourth-order valence-electron chi connectivity index (χ4n) is 3.71. The predicted octanol–water partition coefficient (Wildman–Crippen LogP) is 3.78. The second kappa shape index (κ2) is 15.0. The molecule has 2 N–H and O–H groups in total. The maximum atomic E-state index is 6.04. The normalized spacial score (nSPS) is 15.5. The molecule has 1 fully saturated rings. The highest BCUT2D eigenvalue weighted by atomic mass is 127. The molecule has 2 rings (SSSR count). The third-order valence-corrected chi connectivity index (χ3v) is 5.32. The maximum Gasteiger partial charge on any atom is 0.191 e. The summed E-state index contributed by atoms with van der Waals surface area (Å²) in [5.74, 6) is 0.835. The van der Waals surface area contributed by atoms with Crippen LogP contribution in [0.3, 0.4) is 0 Å². The lowest BCUT2D eigenvalue weighted by Gasteiger charge is -2.30. The van der Waals surface area contributed by atoms with Gasteiger partial charge in [0, 0.05) is 52.0 Å². The van der Waals surface area contributed by atoms with Crippen LogP contribution in [0, 0.1) is 0 Å². The minimum Gasteiger partial charge on any atom is -0.381 e. The average Bonchev–Trinajstić information content (AvgIpc) is 2.72. The van der Waals surface area contributed by atoms with Gasteiger partial charge in [0.2, 0.25) is 0 Å². The summed E-state index contributed by atoms with van der Waals surface area (Å²) >= 11 is 0. The minimum atomic E-state index is 0. The largest absolute Gasteiger partial charge is 0.381 e. The van der Waals surface area contributed by atoms with Crippen LogP contribution in [0.4, 0.5) is 0 Å². The second-order valence-corrected chi connectivity index (χ2v) is 8.22. The Balaban J connectivity index is 0.00000450. The van der Waals surface area contributed by atoms with Gasteiger partial charge in [0.15, 0.2) is 5.96 Å². The van der Waals surface area contributed by atoms with E-state index in [1.54, 1.807) is 0 Å². The van der Waals surface area contributed by atoms with E-state index in [0.717, 1.165) is 51.6 Å². The quantitative estimate of drug-likeness (QED) is 0.273. The van der Waals surface area contributed by atoms with E-state index in [1.165, 1.54) is 11.1 Å². The molecule has 0 bridgehead atoms.